The van der Waals surface area contributed by atoms with E-state index in [4.69, 9.17) is 27.9 Å². The van der Waals surface area contributed by atoms with Gasteiger partial charge in [-0.25, -0.2) is 13.4 Å². The van der Waals surface area contributed by atoms with Crippen molar-refractivity contribution in [3.8, 4) is 0 Å². The molecule has 0 aliphatic carbocycles. The molecule has 0 unspecified atom stereocenters. The number of pyridine rings is 1. The van der Waals surface area contributed by atoms with Gasteiger partial charge in [0.15, 0.2) is 0 Å². The van der Waals surface area contributed by atoms with Crippen LogP contribution in [0.2, 0.25) is 10.2 Å². The predicted octanol–water partition coefficient (Wildman–Crippen LogP) is 2.68. The number of ether oxygens (including phenoxy) is 1. The first-order valence-electron chi connectivity index (χ1n) is 6.09. The van der Waals surface area contributed by atoms with Gasteiger partial charge in [-0.3, -0.25) is 0 Å². The number of hydrogen-bond donors (Lipinski definition) is 0. The Morgan fingerprint density at radius 1 is 1.40 bits per heavy atom. The average Bonchev–Trinajstić information content (AvgIpc) is 2.37. The highest BCUT2D eigenvalue weighted by Gasteiger charge is 2.26. The van der Waals surface area contributed by atoms with Gasteiger partial charge in [-0.2, -0.15) is 4.31 Å². The minimum Gasteiger partial charge on any atom is -0.383 e. The molecule has 20 heavy (non-hydrogen) atoms. The molecule has 0 fully saturated rings. The highest BCUT2D eigenvalue weighted by Crippen LogP contribution is 2.24. The monoisotopic (exact) mass is 340 g/mol. The first-order chi connectivity index (χ1) is 9.28. The number of halogens is 2. The summed E-state index contributed by atoms with van der Waals surface area (Å²) < 4.78 is 31.5. The normalized spacial score (nSPS) is 12.3. The molecule has 0 radical (unpaired) electrons. The van der Waals surface area contributed by atoms with E-state index in [2.05, 4.69) is 4.98 Å². The molecule has 114 valence electrons. The quantitative estimate of drug-likeness (QED) is 0.716. The van der Waals surface area contributed by atoms with Gasteiger partial charge in [0.2, 0.25) is 10.0 Å². The maximum absolute atomic E-state index is 12.6. The van der Waals surface area contributed by atoms with Gasteiger partial charge in [-0.15, -0.1) is 0 Å². The standard InChI is InChI=1S/C12H18Cl2N2O3S/c1-9(2)8-16(4-5-19-3)20(17,18)10-6-11(13)12(14)15-7-10/h6-7,9H,4-5,8H2,1-3H3. The van der Waals surface area contributed by atoms with Crippen molar-refractivity contribution in [3.05, 3.63) is 22.4 Å². The largest absolute Gasteiger partial charge is 0.383 e. The van der Waals surface area contributed by atoms with E-state index >= 15 is 0 Å². The second-order valence-corrected chi connectivity index (χ2v) is 7.40. The van der Waals surface area contributed by atoms with Crippen LogP contribution in [-0.4, -0.2) is 44.5 Å². The topological polar surface area (TPSA) is 59.5 Å². The summed E-state index contributed by atoms with van der Waals surface area (Å²) in [5, 5.41) is 0.196. The van der Waals surface area contributed by atoms with Crippen LogP contribution in [0.3, 0.4) is 0 Å². The van der Waals surface area contributed by atoms with E-state index < -0.39 is 10.0 Å². The molecular formula is C12H18Cl2N2O3S. The second-order valence-electron chi connectivity index (χ2n) is 4.69. The zero-order valence-corrected chi connectivity index (χ0v) is 14.0. The number of nitrogens with zero attached hydrogens (tertiary/aromatic N) is 2. The lowest BCUT2D eigenvalue weighted by Crippen LogP contribution is -2.36. The fourth-order valence-corrected chi connectivity index (χ4v) is 3.50. The molecule has 0 aliphatic rings. The number of rotatable bonds is 7. The summed E-state index contributed by atoms with van der Waals surface area (Å²) in [6.45, 7) is 4.88. The molecular weight excluding hydrogens is 323 g/mol. The van der Waals surface area contributed by atoms with Crippen molar-refractivity contribution in [2.45, 2.75) is 18.7 Å². The van der Waals surface area contributed by atoms with Crippen LogP contribution in [-0.2, 0) is 14.8 Å². The Labute approximate surface area is 129 Å². The van der Waals surface area contributed by atoms with Gasteiger partial charge >= 0.3 is 0 Å². The Morgan fingerprint density at radius 2 is 2.05 bits per heavy atom. The van der Waals surface area contributed by atoms with Crippen LogP contribution in [0.25, 0.3) is 0 Å². The fourth-order valence-electron chi connectivity index (χ4n) is 1.60. The maximum atomic E-state index is 12.6. The molecule has 0 bridgehead atoms. The molecule has 0 saturated heterocycles. The Morgan fingerprint density at radius 3 is 2.55 bits per heavy atom. The summed E-state index contributed by atoms with van der Waals surface area (Å²) in [7, 11) is -2.13. The van der Waals surface area contributed by atoms with Crippen molar-refractivity contribution in [2.24, 2.45) is 5.92 Å². The van der Waals surface area contributed by atoms with Gasteiger partial charge in [-0.05, 0) is 12.0 Å². The Bertz CT molecular complexity index is 550. The van der Waals surface area contributed by atoms with E-state index in [1.165, 1.54) is 23.7 Å². The Kier molecular flexibility index (Phi) is 6.68. The molecule has 0 aromatic carbocycles. The Hall–Kier alpha value is -0.400. The first-order valence-corrected chi connectivity index (χ1v) is 8.28. The summed E-state index contributed by atoms with van der Waals surface area (Å²) in [6, 6.07) is 1.31. The van der Waals surface area contributed by atoms with E-state index in [9.17, 15) is 8.42 Å². The lowest BCUT2D eigenvalue weighted by Gasteiger charge is -2.23. The molecule has 0 N–H and O–H groups in total. The molecule has 1 aromatic heterocycles. The van der Waals surface area contributed by atoms with Gasteiger partial charge in [0, 0.05) is 26.4 Å². The Balaban J connectivity index is 3.10. The molecule has 1 heterocycles. The summed E-state index contributed by atoms with van der Waals surface area (Å²) in [5.74, 6) is 0.192. The van der Waals surface area contributed by atoms with Gasteiger partial charge in [0.25, 0.3) is 0 Å². The van der Waals surface area contributed by atoms with Gasteiger partial charge in [0.1, 0.15) is 10.0 Å². The molecule has 0 amide bonds. The smallest absolute Gasteiger partial charge is 0.244 e. The van der Waals surface area contributed by atoms with E-state index in [-0.39, 0.29) is 27.5 Å². The van der Waals surface area contributed by atoms with Crippen LogP contribution in [0.5, 0.6) is 0 Å². The molecule has 5 nitrogen and oxygen atoms in total. The molecule has 1 rings (SSSR count). The number of aromatic nitrogens is 1. The van der Waals surface area contributed by atoms with Crippen LogP contribution in [0.4, 0.5) is 0 Å². The van der Waals surface area contributed by atoms with Crippen LogP contribution < -0.4 is 0 Å². The molecule has 1 aromatic rings. The third-order valence-corrected chi connectivity index (χ3v) is 5.04. The number of hydrogen-bond acceptors (Lipinski definition) is 4. The third-order valence-electron chi connectivity index (χ3n) is 2.52. The summed E-state index contributed by atoms with van der Waals surface area (Å²) in [5.41, 5.74) is 0. The summed E-state index contributed by atoms with van der Waals surface area (Å²) in [4.78, 5) is 3.81. The zero-order valence-electron chi connectivity index (χ0n) is 11.6. The van der Waals surface area contributed by atoms with E-state index in [0.717, 1.165) is 0 Å². The van der Waals surface area contributed by atoms with Crippen molar-refractivity contribution < 1.29 is 13.2 Å². The van der Waals surface area contributed by atoms with Gasteiger partial charge in [-0.1, -0.05) is 37.0 Å². The lowest BCUT2D eigenvalue weighted by atomic mass is 10.2. The van der Waals surface area contributed by atoms with Crippen molar-refractivity contribution in [1.82, 2.24) is 9.29 Å². The van der Waals surface area contributed by atoms with Crippen LogP contribution >= 0.6 is 23.2 Å². The van der Waals surface area contributed by atoms with Crippen molar-refractivity contribution in [1.29, 1.82) is 0 Å². The maximum Gasteiger partial charge on any atom is 0.244 e. The highest BCUT2D eigenvalue weighted by atomic mass is 35.5. The van der Waals surface area contributed by atoms with E-state index in [0.29, 0.717) is 13.2 Å². The second kappa shape index (κ2) is 7.56. The van der Waals surface area contributed by atoms with Crippen LogP contribution in [0.1, 0.15) is 13.8 Å². The summed E-state index contributed by atoms with van der Waals surface area (Å²) >= 11 is 11.5. The molecule has 0 spiro atoms. The molecule has 0 atom stereocenters. The fraction of sp³-hybridized carbons (Fsp3) is 0.583. The van der Waals surface area contributed by atoms with E-state index in [1.807, 2.05) is 13.8 Å². The van der Waals surface area contributed by atoms with Crippen molar-refractivity contribution in [3.63, 3.8) is 0 Å². The number of sulfonamides is 1. The van der Waals surface area contributed by atoms with Gasteiger partial charge in [0.05, 0.1) is 11.6 Å². The highest BCUT2D eigenvalue weighted by molar-refractivity contribution is 7.89. The molecule has 8 heteroatoms. The van der Waals surface area contributed by atoms with Crippen LogP contribution in [0, 0.1) is 5.92 Å². The average molecular weight is 341 g/mol. The van der Waals surface area contributed by atoms with Crippen LogP contribution in [0.15, 0.2) is 17.2 Å². The zero-order chi connectivity index (χ0) is 15.3. The number of methoxy groups -OCH3 is 1. The molecule has 0 aliphatic heterocycles. The van der Waals surface area contributed by atoms with Crippen molar-refractivity contribution >= 4 is 33.2 Å². The predicted molar refractivity (Wildman–Crippen MR) is 79.7 cm³/mol. The minimum atomic E-state index is -3.66. The van der Waals surface area contributed by atoms with E-state index in [1.54, 1.807) is 0 Å². The van der Waals surface area contributed by atoms with Crippen molar-refractivity contribution in [2.75, 3.05) is 26.8 Å². The lowest BCUT2D eigenvalue weighted by molar-refractivity contribution is 0.175. The SMILES string of the molecule is COCCN(CC(C)C)S(=O)(=O)c1cnc(Cl)c(Cl)c1. The van der Waals surface area contributed by atoms with Gasteiger partial charge < -0.3 is 4.74 Å². The minimum absolute atomic E-state index is 0.0312. The first kappa shape index (κ1) is 17.7. The third kappa shape index (κ3) is 4.56. The molecule has 0 saturated carbocycles. The summed E-state index contributed by atoms with van der Waals surface area (Å²) in [6.07, 6.45) is 1.21.